The van der Waals surface area contributed by atoms with Crippen molar-refractivity contribution < 1.29 is 18.7 Å². The van der Waals surface area contributed by atoms with Crippen molar-refractivity contribution in [2.75, 3.05) is 13.7 Å². The number of carbonyl (C=O) groups excluding carboxylic acids is 1. The summed E-state index contributed by atoms with van der Waals surface area (Å²) in [6, 6.07) is 11.6. The van der Waals surface area contributed by atoms with Crippen LogP contribution in [0, 0.1) is 6.92 Å². The maximum Gasteiger partial charge on any atom is 0.337 e. The molecule has 1 aromatic heterocycles. The zero-order valence-corrected chi connectivity index (χ0v) is 18.6. The van der Waals surface area contributed by atoms with Gasteiger partial charge in [-0.25, -0.2) is 9.78 Å². The first kappa shape index (κ1) is 21.9. The highest BCUT2D eigenvalue weighted by atomic mass is 16.5. The van der Waals surface area contributed by atoms with Crippen molar-refractivity contribution >= 4 is 17.1 Å². The van der Waals surface area contributed by atoms with Crippen LogP contribution in [0.15, 0.2) is 40.8 Å². The number of hydrogen-bond donors (Lipinski definition) is 0. The SMILES string of the molecule is CCCCOc1ccc(C(CC)(CC)c2nc3ccc(C(=O)OC)cc3o2)cc1C. The number of rotatable bonds is 9. The summed E-state index contributed by atoms with van der Waals surface area (Å²) < 4.78 is 17.0. The fourth-order valence-electron chi connectivity index (χ4n) is 3.89. The summed E-state index contributed by atoms with van der Waals surface area (Å²) in [6.45, 7) is 9.27. The minimum absolute atomic E-state index is 0.350. The van der Waals surface area contributed by atoms with Gasteiger partial charge in [0.2, 0.25) is 5.89 Å². The molecule has 0 bridgehead atoms. The molecule has 5 heteroatoms. The summed E-state index contributed by atoms with van der Waals surface area (Å²) >= 11 is 0. The van der Waals surface area contributed by atoms with E-state index >= 15 is 0 Å². The largest absolute Gasteiger partial charge is 0.493 e. The number of aryl methyl sites for hydroxylation is 1. The van der Waals surface area contributed by atoms with Crippen molar-refractivity contribution in [2.45, 2.75) is 58.8 Å². The van der Waals surface area contributed by atoms with E-state index in [1.165, 1.54) is 7.11 Å². The molecule has 160 valence electrons. The van der Waals surface area contributed by atoms with E-state index in [1.807, 2.05) is 0 Å². The zero-order chi connectivity index (χ0) is 21.7. The molecule has 0 saturated carbocycles. The monoisotopic (exact) mass is 409 g/mol. The molecule has 0 aliphatic heterocycles. The second kappa shape index (κ2) is 9.33. The molecule has 30 heavy (non-hydrogen) atoms. The zero-order valence-electron chi connectivity index (χ0n) is 18.6. The van der Waals surface area contributed by atoms with E-state index in [1.54, 1.807) is 18.2 Å². The van der Waals surface area contributed by atoms with E-state index in [-0.39, 0.29) is 11.4 Å². The summed E-state index contributed by atoms with van der Waals surface area (Å²) in [5, 5.41) is 0. The predicted octanol–water partition coefficient (Wildman–Crippen LogP) is 6.21. The number of benzene rings is 2. The quantitative estimate of drug-likeness (QED) is 0.311. The van der Waals surface area contributed by atoms with Crippen molar-refractivity contribution in [3.05, 3.63) is 59.0 Å². The second-order valence-electron chi connectivity index (χ2n) is 7.66. The second-order valence-corrected chi connectivity index (χ2v) is 7.66. The van der Waals surface area contributed by atoms with Crippen LogP contribution in [-0.2, 0) is 10.2 Å². The first-order chi connectivity index (χ1) is 14.5. The van der Waals surface area contributed by atoms with Crippen molar-refractivity contribution in [2.24, 2.45) is 0 Å². The molecule has 0 fully saturated rings. The van der Waals surface area contributed by atoms with Gasteiger partial charge in [-0.3, -0.25) is 0 Å². The van der Waals surface area contributed by atoms with Crippen LogP contribution in [0.5, 0.6) is 5.75 Å². The Morgan fingerprint density at radius 2 is 1.87 bits per heavy atom. The lowest BCUT2D eigenvalue weighted by Gasteiger charge is -2.29. The Morgan fingerprint density at radius 3 is 2.50 bits per heavy atom. The van der Waals surface area contributed by atoms with Crippen molar-refractivity contribution in [1.29, 1.82) is 0 Å². The molecule has 0 unspecified atom stereocenters. The first-order valence-electron chi connectivity index (χ1n) is 10.7. The summed E-state index contributed by atoms with van der Waals surface area (Å²) in [5.41, 5.74) is 3.70. The van der Waals surface area contributed by atoms with Gasteiger partial charge in [-0.2, -0.15) is 0 Å². The highest BCUT2D eigenvalue weighted by Crippen LogP contribution is 2.41. The van der Waals surface area contributed by atoms with E-state index in [0.717, 1.165) is 54.7 Å². The number of aromatic nitrogens is 1. The van der Waals surface area contributed by atoms with Crippen LogP contribution < -0.4 is 4.74 Å². The van der Waals surface area contributed by atoms with Crippen LogP contribution in [0.1, 0.15) is 73.8 Å². The standard InChI is InChI=1S/C25H31NO4/c1-6-9-14-29-21-13-11-19(15-17(21)4)25(7-2,8-3)24-26-20-12-10-18(23(27)28-5)16-22(20)30-24/h10-13,15-16H,6-9,14H2,1-5H3. The van der Waals surface area contributed by atoms with E-state index in [9.17, 15) is 4.79 Å². The lowest BCUT2D eigenvalue weighted by molar-refractivity contribution is 0.0600. The molecule has 0 aliphatic rings. The van der Waals surface area contributed by atoms with E-state index in [4.69, 9.17) is 18.9 Å². The molecule has 0 aliphatic carbocycles. The summed E-state index contributed by atoms with van der Waals surface area (Å²) in [6.07, 6.45) is 3.85. The van der Waals surface area contributed by atoms with Gasteiger partial charge >= 0.3 is 5.97 Å². The maximum absolute atomic E-state index is 11.9. The Kier molecular flexibility index (Phi) is 6.80. The number of unbranched alkanes of at least 4 members (excludes halogenated alkanes) is 1. The number of methoxy groups -OCH3 is 1. The third-order valence-electron chi connectivity index (χ3n) is 5.91. The lowest BCUT2D eigenvalue weighted by Crippen LogP contribution is -2.26. The van der Waals surface area contributed by atoms with Crippen molar-refractivity contribution in [3.63, 3.8) is 0 Å². The average molecular weight is 410 g/mol. The fourth-order valence-corrected chi connectivity index (χ4v) is 3.89. The number of oxazole rings is 1. The Balaban J connectivity index is 2.01. The highest BCUT2D eigenvalue weighted by Gasteiger charge is 2.36. The number of hydrogen-bond acceptors (Lipinski definition) is 5. The molecule has 0 N–H and O–H groups in total. The molecule has 0 radical (unpaired) electrons. The van der Waals surface area contributed by atoms with Crippen LogP contribution in [0.25, 0.3) is 11.1 Å². The fraction of sp³-hybridized carbons (Fsp3) is 0.440. The number of esters is 1. The normalized spacial score (nSPS) is 11.6. The van der Waals surface area contributed by atoms with Crippen LogP contribution in [0.2, 0.25) is 0 Å². The van der Waals surface area contributed by atoms with Crippen LogP contribution in [-0.4, -0.2) is 24.7 Å². The lowest BCUT2D eigenvalue weighted by atomic mass is 9.75. The number of fused-ring (bicyclic) bond motifs is 1. The van der Waals surface area contributed by atoms with Gasteiger partial charge in [-0.15, -0.1) is 0 Å². The average Bonchev–Trinajstić information content (AvgIpc) is 3.19. The van der Waals surface area contributed by atoms with Gasteiger partial charge in [-0.1, -0.05) is 39.3 Å². The van der Waals surface area contributed by atoms with Gasteiger partial charge in [0, 0.05) is 0 Å². The van der Waals surface area contributed by atoms with Gasteiger partial charge < -0.3 is 13.9 Å². The van der Waals surface area contributed by atoms with Gasteiger partial charge in [0.25, 0.3) is 0 Å². The molecular formula is C25H31NO4. The van der Waals surface area contributed by atoms with Crippen molar-refractivity contribution in [1.82, 2.24) is 4.98 Å². The number of nitrogens with zero attached hydrogens (tertiary/aromatic N) is 1. The Hall–Kier alpha value is -2.82. The third-order valence-corrected chi connectivity index (χ3v) is 5.91. The molecule has 0 spiro atoms. The molecule has 0 atom stereocenters. The molecule has 3 aromatic rings. The molecule has 0 saturated heterocycles. The Labute approximate surface area is 178 Å². The smallest absolute Gasteiger partial charge is 0.337 e. The van der Waals surface area contributed by atoms with Crippen LogP contribution >= 0.6 is 0 Å². The van der Waals surface area contributed by atoms with Gasteiger partial charge in [0.15, 0.2) is 5.58 Å². The van der Waals surface area contributed by atoms with E-state index < -0.39 is 0 Å². The molecule has 3 rings (SSSR count). The summed E-state index contributed by atoms with van der Waals surface area (Å²) in [7, 11) is 1.37. The molecule has 5 nitrogen and oxygen atoms in total. The van der Waals surface area contributed by atoms with Crippen molar-refractivity contribution in [3.8, 4) is 5.75 Å². The third kappa shape index (κ3) is 4.07. The van der Waals surface area contributed by atoms with Crippen LogP contribution in [0.3, 0.4) is 0 Å². The maximum atomic E-state index is 11.9. The molecular weight excluding hydrogens is 378 g/mol. The number of ether oxygens (including phenoxy) is 2. The summed E-state index contributed by atoms with van der Waals surface area (Å²) in [5.74, 6) is 1.21. The van der Waals surface area contributed by atoms with E-state index in [2.05, 4.69) is 45.9 Å². The first-order valence-corrected chi connectivity index (χ1v) is 10.7. The molecule has 0 amide bonds. The summed E-state index contributed by atoms with van der Waals surface area (Å²) in [4.78, 5) is 16.7. The molecule has 1 heterocycles. The molecule has 2 aromatic carbocycles. The number of carbonyl (C=O) groups is 1. The Morgan fingerprint density at radius 1 is 1.10 bits per heavy atom. The Bertz CT molecular complexity index is 1020. The van der Waals surface area contributed by atoms with E-state index in [0.29, 0.717) is 17.0 Å². The predicted molar refractivity (Wildman–Crippen MR) is 118 cm³/mol. The topological polar surface area (TPSA) is 61.6 Å². The van der Waals surface area contributed by atoms with Crippen LogP contribution in [0.4, 0.5) is 0 Å². The van der Waals surface area contributed by atoms with Gasteiger partial charge in [0.05, 0.1) is 24.7 Å². The minimum atomic E-state index is -0.388. The van der Waals surface area contributed by atoms with Gasteiger partial charge in [-0.05, 0) is 61.6 Å². The minimum Gasteiger partial charge on any atom is -0.493 e. The van der Waals surface area contributed by atoms with Gasteiger partial charge in [0.1, 0.15) is 11.3 Å². The highest BCUT2D eigenvalue weighted by molar-refractivity contribution is 5.93.